The molecule has 1 fully saturated rings. The smallest absolute Gasteiger partial charge is 0.254 e. The summed E-state index contributed by atoms with van der Waals surface area (Å²) in [6.45, 7) is -0.828. The number of nitrogens with one attached hydrogen (secondary N) is 1. The van der Waals surface area contributed by atoms with Crippen molar-refractivity contribution < 1.29 is 19.5 Å². The quantitative estimate of drug-likeness (QED) is 0.468. The number of aliphatic hydroxyl groups excluding tert-OH is 1. The van der Waals surface area contributed by atoms with Gasteiger partial charge < -0.3 is 15.3 Å². The third-order valence-electron chi connectivity index (χ3n) is 6.42. The summed E-state index contributed by atoms with van der Waals surface area (Å²) < 4.78 is 0. The van der Waals surface area contributed by atoms with Crippen LogP contribution in [-0.2, 0) is 16.0 Å². The van der Waals surface area contributed by atoms with E-state index < -0.39 is 30.2 Å². The van der Waals surface area contributed by atoms with Crippen molar-refractivity contribution in [1.29, 1.82) is 0 Å². The summed E-state index contributed by atoms with van der Waals surface area (Å²) in [7, 11) is 2.73. The van der Waals surface area contributed by atoms with Gasteiger partial charge in [0, 0.05) is 30.8 Å². The number of carbonyl (C=O) groups is 3. The average molecular weight is 461 g/mol. The van der Waals surface area contributed by atoms with Gasteiger partial charge in [0.05, 0.1) is 0 Å². The van der Waals surface area contributed by atoms with E-state index in [0.717, 1.165) is 28.4 Å². The molecule has 0 aliphatic heterocycles. The highest BCUT2D eigenvalue weighted by Gasteiger charge is 2.32. The molecule has 1 aliphatic carbocycles. The summed E-state index contributed by atoms with van der Waals surface area (Å²) in [5, 5.41) is 11.5. The van der Waals surface area contributed by atoms with Gasteiger partial charge in [-0.05, 0) is 60.7 Å². The number of aliphatic hydroxyl groups is 1. The van der Waals surface area contributed by atoms with Crippen molar-refractivity contribution in [1.82, 2.24) is 10.2 Å². The van der Waals surface area contributed by atoms with E-state index in [1.165, 1.54) is 51.8 Å². The van der Waals surface area contributed by atoms with E-state index in [9.17, 15) is 14.4 Å². The summed E-state index contributed by atoms with van der Waals surface area (Å²) >= 11 is 0. The molecule has 1 unspecified atom stereocenters. The van der Waals surface area contributed by atoms with E-state index >= 15 is 0 Å². The van der Waals surface area contributed by atoms with E-state index in [0.29, 0.717) is 5.56 Å². The van der Waals surface area contributed by atoms with Crippen molar-refractivity contribution in [3.05, 3.63) is 70.8 Å². The van der Waals surface area contributed by atoms with E-state index in [4.69, 9.17) is 5.11 Å². The molecule has 1 saturated carbocycles. The van der Waals surface area contributed by atoms with Crippen LogP contribution in [0.3, 0.4) is 0 Å². The fourth-order valence-electron chi connectivity index (χ4n) is 4.35. The summed E-state index contributed by atoms with van der Waals surface area (Å²) in [5.41, 5.74) is 3.35. The molecule has 2 aromatic rings. The maximum absolute atomic E-state index is 12.8. The third kappa shape index (κ3) is 6.55. The minimum absolute atomic E-state index is 0.319. The SMILES string of the molecule is CNC(=O)C(C(=O)CO)N(C)C(=O)c1ccc(C#Cc2ccc(CCC3CCCC3)cc2)cc1. The van der Waals surface area contributed by atoms with Gasteiger partial charge in [0.25, 0.3) is 5.91 Å². The first-order valence-electron chi connectivity index (χ1n) is 11.8. The number of amides is 2. The Morgan fingerprint density at radius 3 is 2.09 bits per heavy atom. The van der Waals surface area contributed by atoms with E-state index in [1.54, 1.807) is 24.3 Å². The Hall–Kier alpha value is -3.43. The van der Waals surface area contributed by atoms with Crippen molar-refractivity contribution in [3.8, 4) is 11.8 Å². The predicted molar refractivity (Wildman–Crippen MR) is 131 cm³/mol. The van der Waals surface area contributed by atoms with Crippen molar-refractivity contribution in [2.45, 2.75) is 44.6 Å². The molecule has 2 N–H and O–H groups in total. The molecule has 1 atom stereocenters. The molecule has 2 aromatic carbocycles. The first-order valence-corrected chi connectivity index (χ1v) is 11.8. The number of hydrogen-bond acceptors (Lipinski definition) is 4. The molecule has 0 heterocycles. The van der Waals surface area contributed by atoms with Crippen LogP contribution in [0.25, 0.3) is 0 Å². The lowest BCUT2D eigenvalue weighted by atomic mass is 9.98. The van der Waals surface area contributed by atoms with Gasteiger partial charge in [0.2, 0.25) is 5.91 Å². The molecule has 2 amide bonds. The van der Waals surface area contributed by atoms with Crippen LogP contribution in [0.15, 0.2) is 48.5 Å². The lowest BCUT2D eigenvalue weighted by Crippen LogP contribution is -2.52. The van der Waals surface area contributed by atoms with Gasteiger partial charge in [0.1, 0.15) is 6.61 Å². The molecule has 0 spiro atoms. The van der Waals surface area contributed by atoms with Gasteiger partial charge in [0.15, 0.2) is 11.8 Å². The van der Waals surface area contributed by atoms with Crippen LogP contribution in [0.2, 0.25) is 0 Å². The second-order valence-corrected chi connectivity index (χ2v) is 8.77. The normalized spacial score (nSPS) is 14.1. The zero-order chi connectivity index (χ0) is 24.5. The Morgan fingerprint density at radius 1 is 1.00 bits per heavy atom. The number of benzene rings is 2. The van der Waals surface area contributed by atoms with Crippen LogP contribution in [0, 0.1) is 17.8 Å². The minimum atomic E-state index is -1.39. The summed E-state index contributed by atoms with van der Waals surface area (Å²) in [5.74, 6) is 5.25. The Labute approximate surface area is 201 Å². The molecule has 0 aromatic heterocycles. The van der Waals surface area contributed by atoms with Gasteiger partial charge in [-0.3, -0.25) is 14.4 Å². The van der Waals surface area contributed by atoms with E-state index in [1.807, 2.05) is 12.1 Å². The highest BCUT2D eigenvalue weighted by molar-refractivity contribution is 6.10. The molecule has 6 nitrogen and oxygen atoms in total. The molecular weight excluding hydrogens is 428 g/mol. The van der Waals surface area contributed by atoms with Crippen LogP contribution in [-0.4, -0.2) is 54.3 Å². The zero-order valence-corrected chi connectivity index (χ0v) is 19.8. The number of nitrogens with zero attached hydrogens (tertiary/aromatic N) is 1. The highest BCUT2D eigenvalue weighted by Crippen LogP contribution is 2.28. The number of ketones is 1. The molecule has 6 heteroatoms. The van der Waals surface area contributed by atoms with Crippen molar-refractivity contribution in [2.24, 2.45) is 5.92 Å². The van der Waals surface area contributed by atoms with Gasteiger partial charge in [-0.15, -0.1) is 0 Å². The maximum Gasteiger partial charge on any atom is 0.254 e. The molecule has 1 aliphatic rings. The number of aryl methyl sites for hydroxylation is 1. The van der Waals surface area contributed by atoms with Crippen LogP contribution < -0.4 is 5.32 Å². The first-order chi connectivity index (χ1) is 16.4. The van der Waals surface area contributed by atoms with Crippen LogP contribution in [0.5, 0.6) is 0 Å². The van der Waals surface area contributed by atoms with Gasteiger partial charge >= 0.3 is 0 Å². The zero-order valence-electron chi connectivity index (χ0n) is 19.8. The summed E-state index contributed by atoms with van der Waals surface area (Å²) in [6.07, 6.45) is 7.89. The number of hydrogen-bond donors (Lipinski definition) is 2. The second kappa shape index (κ2) is 12.2. The lowest BCUT2D eigenvalue weighted by Gasteiger charge is -2.25. The van der Waals surface area contributed by atoms with Crippen molar-refractivity contribution >= 4 is 17.6 Å². The molecule has 0 bridgehead atoms. The van der Waals surface area contributed by atoms with Crippen LogP contribution >= 0.6 is 0 Å². The molecule has 0 saturated heterocycles. The summed E-state index contributed by atoms with van der Waals surface area (Å²) in [4.78, 5) is 37.8. The van der Waals surface area contributed by atoms with Crippen LogP contribution in [0.4, 0.5) is 0 Å². The highest BCUT2D eigenvalue weighted by atomic mass is 16.3. The Morgan fingerprint density at radius 2 is 1.56 bits per heavy atom. The minimum Gasteiger partial charge on any atom is -0.388 e. The third-order valence-corrected chi connectivity index (χ3v) is 6.42. The topological polar surface area (TPSA) is 86.7 Å². The number of carbonyl (C=O) groups excluding carboxylic acids is 3. The Balaban J connectivity index is 1.61. The first kappa shape index (κ1) is 25.2. The monoisotopic (exact) mass is 460 g/mol. The summed E-state index contributed by atoms with van der Waals surface area (Å²) in [6, 6.07) is 13.7. The molecular formula is C28H32N2O4. The van der Waals surface area contributed by atoms with Gasteiger partial charge in [-0.25, -0.2) is 0 Å². The number of rotatable bonds is 8. The second-order valence-electron chi connectivity index (χ2n) is 8.77. The predicted octanol–water partition coefficient (Wildman–Crippen LogP) is 2.96. The largest absolute Gasteiger partial charge is 0.388 e. The van der Waals surface area contributed by atoms with E-state index in [-0.39, 0.29) is 0 Å². The number of Topliss-reactive ketones (excluding diaryl/α,β-unsaturated/α-hetero) is 1. The Kier molecular flexibility index (Phi) is 9.00. The lowest BCUT2D eigenvalue weighted by molar-refractivity contribution is -0.135. The molecule has 3 rings (SSSR count). The molecule has 34 heavy (non-hydrogen) atoms. The van der Waals surface area contributed by atoms with E-state index in [2.05, 4.69) is 29.3 Å². The standard InChI is InChI=1S/C28H32N2O4/c1-29-27(33)26(25(32)19-31)30(2)28(34)24-17-15-23(16-18-24)14-13-22-11-9-21(10-12-22)8-7-20-5-3-4-6-20/h9-12,15-18,20,26,31H,3-8,19H2,1-2H3,(H,29,33). The molecule has 178 valence electrons. The Bertz CT molecular complexity index is 1040. The maximum atomic E-state index is 12.8. The molecule has 0 radical (unpaired) electrons. The van der Waals surface area contributed by atoms with Gasteiger partial charge in [-0.1, -0.05) is 49.7 Å². The number of likely N-dealkylation sites (N-methyl/N-ethyl adjacent to an activating group) is 2. The van der Waals surface area contributed by atoms with Crippen LogP contribution in [0.1, 0.15) is 59.2 Å². The van der Waals surface area contributed by atoms with Crippen molar-refractivity contribution in [3.63, 3.8) is 0 Å². The average Bonchev–Trinajstić information content (AvgIpc) is 3.40. The fraction of sp³-hybridized carbons (Fsp3) is 0.393. The fourth-order valence-corrected chi connectivity index (χ4v) is 4.35. The van der Waals surface area contributed by atoms with Gasteiger partial charge in [-0.2, -0.15) is 0 Å². The van der Waals surface area contributed by atoms with Crippen molar-refractivity contribution in [2.75, 3.05) is 20.7 Å².